The summed E-state index contributed by atoms with van der Waals surface area (Å²) in [6.07, 6.45) is -2.03. The van der Waals surface area contributed by atoms with Gasteiger partial charge in [0.15, 0.2) is 0 Å². The Kier molecular flexibility index (Phi) is 6.25. The van der Waals surface area contributed by atoms with E-state index in [-0.39, 0.29) is 36.7 Å². The smallest absolute Gasteiger partial charge is 0.369 e. The highest BCUT2D eigenvalue weighted by molar-refractivity contribution is 5.91. The number of carbonyl (C=O) groups is 2. The van der Waals surface area contributed by atoms with Crippen molar-refractivity contribution in [3.63, 3.8) is 0 Å². The molecule has 0 radical (unpaired) electrons. The van der Waals surface area contributed by atoms with Crippen molar-refractivity contribution in [1.29, 1.82) is 0 Å². The summed E-state index contributed by atoms with van der Waals surface area (Å²) in [5.41, 5.74) is 0.0697. The van der Waals surface area contributed by atoms with Crippen molar-refractivity contribution in [3.05, 3.63) is 66.0 Å². The number of hydrogen-bond donors (Lipinski definition) is 1. The molecular formula is C20H21F3N4O3. The summed E-state index contributed by atoms with van der Waals surface area (Å²) in [6, 6.07) is 5.92. The van der Waals surface area contributed by atoms with E-state index in [2.05, 4.69) is 17.0 Å². The van der Waals surface area contributed by atoms with Crippen molar-refractivity contribution in [2.75, 3.05) is 20.1 Å². The Morgan fingerprint density at radius 3 is 2.57 bits per heavy atom. The first kappa shape index (κ1) is 21.6. The number of ether oxygens (including phenoxy) is 1. The van der Waals surface area contributed by atoms with Crippen molar-refractivity contribution < 1.29 is 27.5 Å². The Bertz CT molecular complexity index is 924. The van der Waals surface area contributed by atoms with Gasteiger partial charge in [0.2, 0.25) is 5.91 Å². The van der Waals surface area contributed by atoms with Crippen LogP contribution < -0.4 is 5.32 Å². The van der Waals surface area contributed by atoms with E-state index < -0.39 is 17.8 Å². The minimum atomic E-state index is -4.40. The average Bonchev–Trinajstić information content (AvgIpc) is 3.38. The molecule has 1 aliphatic rings. The van der Waals surface area contributed by atoms with Gasteiger partial charge in [-0.3, -0.25) is 14.3 Å². The van der Waals surface area contributed by atoms with Crippen LogP contribution in [0.15, 0.2) is 49.2 Å². The van der Waals surface area contributed by atoms with Crippen molar-refractivity contribution in [3.8, 4) is 0 Å². The van der Waals surface area contributed by atoms with Gasteiger partial charge in [-0.1, -0.05) is 18.7 Å². The number of hydrogen-bond acceptors (Lipinski definition) is 4. The molecule has 0 bridgehead atoms. The molecule has 1 N–H and O–H groups in total. The maximum Gasteiger partial charge on any atom is 0.416 e. The third kappa shape index (κ3) is 4.70. The number of amides is 2. The van der Waals surface area contributed by atoms with Gasteiger partial charge >= 0.3 is 6.18 Å². The fourth-order valence-electron chi connectivity index (χ4n) is 3.25. The lowest BCUT2D eigenvalue weighted by atomic mass is 10.1. The minimum absolute atomic E-state index is 0.0684. The summed E-state index contributed by atoms with van der Waals surface area (Å²) in [5.74, 6) is -0.604. The second kappa shape index (κ2) is 8.70. The molecule has 1 aromatic carbocycles. The highest BCUT2D eigenvalue weighted by Gasteiger charge is 2.37. The second-order valence-electron chi connectivity index (χ2n) is 6.82. The third-order valence-electron chi connectivity index (χ3n) is 4.88. The maximum absolute atomic E-state index is 12.7. The van der Waals surface area contributed by atoms with Crippen molar-refractivity contribution in [2.24, 2.45) is 0 Å². The van der Waals surface area contributed by atoms with Gasteiger partial charge in [0.1, 0.15) is 5.69 Å². The van der Waals surface area contributed by atoms with Gasteiger partial charge in [0, 0.05) is 26.3 Å². The molecular weight excluding hydrogens is 401 g/mol. The summed E-state index contributed by atoms with van der Waals surface area (Å²) in [7, 11) is 1.50. The van der Waals surface area contributed by atoms with Crippen LogP contribution in [-0.2, 0) is 22.3 Å². The van der Waals surface area contributed by atoms with Crippen molar-refractivity contribution >= 4 is 11.8 Å². The van der Waals surface area contributed by atoms with E-state index in [4.69, 9.17) is 4.74 Å². The van der Waals surface area contributed by atoms with Crippen LogP contribution in [-0.4, -0.2) is 52.7 Å². The number of carbonyl (C=O) groups excluding carboxylic acids is 2. The molecule has 0 saturated carbocycles. The van der Waals surface area contributed by atoms with Crippen LogP contribution in [0.5, 0.6) is 0 Å². The summed E-state index contributed by atoms with van der Waals surface area (Å²) in [4.78, 5) is 25.4. The van der Waals surface area contributed by atoms with Crippen molar-refractivity contribution in [2.45, 2.75) is 24.9 Å². The topological polar surface area (TPSA) is 76.5 Å². The first-order valence-electron chi connectivity index (χ1n) is 9.19. The largest absolute Gasteiger partial charge is 0.416 e. The zero-order valence-electron chi connectivity index (χ0n) is 16.2. The van der Waals surface area contributed by atoms with Crippen LogP contribution in [0.1, 0.15) is 27.7 Å². The summed E-state index contributed by atoms with van der Waals surface area (Å²) in [5, 5.41) is 6.75. The number of aromatic nitrogens is 2. The molecule has 2 heterocycles. The normalized spacial score (nSPS) is 19.0. The standard InChI is InChI=1S/C20H21F3N4O3/c1-3-18(28)26-10-16(27-9-8-15(25-27)19(29)24-2)17(11-26)30-12-13-4-6-14(7-5-13)20(21,22)23/h3-9,16-17H,1,10-12H2,2H3,(H,24,29)/t16-,17?/m1/s1. The predicted molar refractivity (Wildman–Crippen MR) is 101 cm³/mol. The fourth-order valence-corrected chi connectivity index (χ4v) is 3.25. The first-order chi connectivity index (χ1) is 14.2. The Balaban J connectivity index is 1.74. The molecule has 1 saturated heterocycles. The average molecular weight is 422 g/mol. The molecule has 1 aliphatic heterocycles. The van der Waals surface area contributed by atoms with E-state index in [1.807, 2.05) is 0 Å². The van der Waals surface area contributed by atoms with E-state index in [1.165, 1.54) is 25.3 Å². The molecule has 3 rings (SSSR count). The third-order valence-corrected chi connectivity index (χ3v) is 4.88. The zero-order valence-corrected chi connectivity index (χ0v) is 16.2. The zero-order chi connectivity index (χ0) is 21.9. The van der Waals surface area contributed by atoms with E-state index in [9.17, 15) is 22.8 Å². The Morgan fingerprint density at radius 1 is 1.27 bits per heavy atom. The molecule has 30 heavy (non-hydrogen) atoms. The number of alkyl halides is 3. The molecule has 160 valence electrons. The fraction of sp³-hybridized carbons (Fsp3) is 0.350. The second-order valence-corrected chi connectivity index (χ2v) is 6.82. The van der Waals surface area contributed by atoms with Gasteiger partial charge in [-0.2, -0.15) is 18.3 Å². The number of nitrogens with zero attached hydrogens (tertiary/aromatic N) is 3. The number of benzene rings is 1. The van der Waals surface area contributed by atoms with E-state index in [0.717, 1.165) is 12.1 Å². The number of nitrogens with one attached hydrogen (secondary N) is 1. The van der Waals surface area contributed by atoms with Gasteiger partial charge in [-0.25, -0.2) is 0 Å². The quantitative estimate of drug-likeness (QED) is 0.726. The molecule has 2 atom stereocenters. The summed E-state index contributed by atoms with van der Waals surface area (Å²) in [6.45, 7) is 4.13. The summed E-state index contributed by atoms with van der Waals surface area (Å²) >= 11 is 0. The molecule has 0 spiro atoms. The first-order valence-corrected chi connectivity index (χ1v) is 9.19. The lowest BCUT2D eigenvalue weighted by Gasteiger charge is -2.19. The molecule has 2 amide bonds. The Labute approximate surface area is 171 Å². The van der Waals surface area contributed by atoms with Crippen LogP contribution in [0, 0.1) is 0 Å². The Morgan fingerprint density at radius 2 is 1.97 bits per heavy atom. The van der Waals surface area contributed by atoms with Crippen LogP contribution in [0.2, 0.25) is 0 Å². The highest BCUT2D eigenvalue weighted by Crippen LogP contribution is 2.30. The van der Waals surface area contributed by atoms with Crippen LogP contribution in [0.3, 0.4) is 0 Å². The summed E-state index contributed by atoms with van der Waals surface area (Å²) < 4.78 is 45.6. The van der Waals surface area contributed by atoms with Gasteiger partial charge in [-0.15, -0.1) is 0 Å². The van der Waals surface area contributed by atoms with Gasteiger partial charge in [-0.05, 0) is 29.8 Å². The van der Waals surface area contributed by atoms with E-state index in [0.29, 0.717) is 12.1 Å². The molecule has 0 aliphatic carbocycles. The Hall–Kier alpha value is -3.14. The highest BCUT2D eigenvalue weighted by atomic mass is 19.4. The van der Waals surface area contributed by atoms with Crippen molar-refractivity contribution in [1.82, 2.24) is 20.0 Å². The maximum atomic E-state index is 12.7. The molecule has 1 aromatic heterocycles. The number of likely N-dealkylation sites (tertiary alicyclic amines) is 1. The van der Waals surface area contributed by atoms with Crippen LogP contribution in [0.4, 0.5) is 13.2 Å². The predicted octanol–water partition coefficient (Wildman–Crippen LogP) is 2.42. The van der Waals surface area contributed by atoms with E-state index in [1.54, 1.807) is 21.8 Å². The van der Waals surface area contributed by atoms with Gasteiger partial charge < -0.3 is 15.0 Å². The number of rotatable bonds is 6. The lowest BCUT2D eigenvalue weighted by Crippen LogP contribution is -2.28. The monoisotopic (exact) mass is 422 g/mol. The van der Waals surface area contributed by atoms with Crippen LogP contribution in [0.25, 0.3) is 0 Å². The van der Waals surface area contributed by atoms with Crippen LogP contribution >= 0.6 is 0 Å². The molecule has 1 fully saturated rings. The molecule has 1 unspecified atom stereocenters. The lowest BCUT2D eigenvalue weighted by molar-refractivity contribution is -0.137. The minimum Gasteiger partial charge on any atom is -0.369 e. The molecule has 2 aromatic rings. The number of halogens is 3. The SMILES string of the molecule is C=CC(=O)N1CC(OCc2ccc(C(F)(F)F)cc2)[C@H](n2ccc(C(=O)NC)n2)C1. The van der Waals surface area contributed by atoms with Gasteiger partial charge in [0.25, 0.3) is 5.91 Å². The molecule has 10 heteroatoms. The molecule has 7 nitrogen and oxygen atoms in total. The van der Waals surface area contributed by atoms with Gasteiger partial charge in [0.05, 0.1) is 24.3 Å². The van der Waals surface area contributed by atoms with E-state index >= 15 is 0 Å².